The van der Waals surface area contributed by atoms with Crippen molar-refractivity contribution in [2.24, 2.45) is 5.92 Å². The number of hydrogen-bond donors (Lipinski definition) is 3. The first-order valence-electron chi connectivity index (χ1n) is 8.07. The van der Waals surface area contributed by atoms with Crippen molar-refractivity contribution in [3.8, 4) is 0 Å². The number of nitrogens with zero attached hydrogens (tertiary/aromatic N) is 2. The average Bonchev–Trinajstić information content (AvgIpc) is 2.96. The van der Waals surface area contributed by atoms with Crippen LogP contribution in [0.25, 0.3) is 0 Å². The summed E-state index contributed by atoms with van der Waals surface area (Å²) in [4.78, 5) is 43.5. The second kappa shape index (κ2) is 7.37. The maximum Gasteiger partial charge on any atom is 0.316 e. The molecule has 0 saturated carbocycles. The van der Waals surface area contributed by atoms with Crippen LogP contribution >= 0.6 is 11.3 Å². The minimum atomic E-state index is -0.927. The molecule has 0 atom stereocenters. The van der Waals surface area contributed by atoms with Gasteiger partial charge in [0, 0.05) is 30.3 Å². The van der Waals surface area contributed by atoms with Gasteiger partial charge in [0.15, 0.2) is 5.13 Å². The number of imide groups is 1. The molecule has 3 rings (SSSR count). The molecule has 9 heteroatoms. The Kier molecular flexibility index (Phi) is 5.22. The number of carbonyl (C=O) groups is 3. The minimum absolute atomic E-state index is 0.217. The molecule has 0 spiro atoms. The first kappa shape index (κ1) is 17.0. The summed E-state index contributed by atoms with van der Waals surface area (Å²) in [7, 11) is 2.03. The van der Waals surface area contributed by atoms with Crippen LogP contribution in [0.2, 0.25) is 0 Å². The molecule has 0 radical (unpaired) electrons. The van der Waals surface area contributed by atoms with E-state index in [9.17, 15) is 14.4 Å². The van der Waals surface area contributed by atoms with Gasteiger partial charge < -0.3 is 10.2 Å². The Hall–Kier alpha value is -1.84. The second-order valence-electron chi connectivity index (χ2n) is 6.17. The van der Waals surface area contributed by atoms with Gasteiger partial charge in [0.25, 0.3) is 0 Å². The third kappa shape index (κ3) is 3.97. The predicted molar refractivity (Wildman–Crippen MR) is 89.5 cm³/mol. The lowest BCUT2D eigenvalue weighted by Gasteiger charge is -2.21. The summed E-state index contributed by atoms with van der Waals surface area (Å²) in [6.07, 6.45) is 2.18. The summed E-state index contributed by atoms with van der Waals surface area (Å²) in [6, 6.07) is 0. The zero-order valence-corrected chi connectivity index (χ0v) is 14.4. The van der Waals surface area contributed by atoms with Crippen LogP contribution in [-0.4, -0.2) is 54.3 Å². The van der Waals surface area contributed by atoms with E-state index < -0.39 is 11.8 Å². The van der Waals surface area contributed by atoms with E-state index in [0.29, 0.717) is 18.0 Å². The van der Waals surface area contributed by atoms with Crippen LogP contribution in [-0.2, 0) is 27.3 Å². The van der Waals surface area contributed by atoms with E-state index in [0.717, 1.165) is 43.2 Å². The van der Waals surface area contributed by atoms with E-state index in [2.05, 4.69) is 25.8 Å². The van der Waals surface area contributed by atoms with Gasteiger partial charge in [-0.3, -0.25) is 25.0 Å². The second-order valence-corrected chi connectivity index (χ2v) is 7.26. The summed E-state index contributed by atoms with van der Waals surface area (Å²) in [6.45, 7) is 3.22. The highest BCUT2D eigenvalue weighted by molar-refractivity contribution is 7.16. The SMILES string of the molecule is CN1CCc2nc(NC(=O)C(=O)NC(=O)C3CCNCC3)sc2C1. The van der Waals surface area contributed by atoms with E-state index >= 15 is 0 Å². The van der Waals surface area contributed by atoms with Crippen LogP contribution in [0.15, 0.2) is 0 Å². The minimum Gasteiger partial charge on any atom is -0.317 e. The molecule has 3 heterocycles. The molecule has 2 aliphatic rings. The van der Waals surface area contributed by atoms with Gasteiger partial charge in [-0.05, 0) is 33.0 Å². The maximum atomic E-state index is 12.0. The van der Waals surface area contributed by atoms with E-state index in [4.69, 9.17) is 0 Å². The van der Waals surface area contributed by atoms with Gasteiger partial charge >= 0.3 is 11.8 Å². The number of piperidine rings is 1. The Bertz CT molecular complexity index is 654. The van der Waals surface area contributed by atoms with Crippen LogP contribution in [0.1, 0.15) is 23.4 Å². The molecule has 24 heavy (non-hydrogen) atoms. The molecular formula is C15H21N5O3S. The lowest BCUT2D eigenvalue weighted by atomic mass is 9.97. The highest BCUT2D eigenvalue weighted by Crippen LogP contribution is 2.27. The molecule has 0 bridgehead atoms. The smallest absolute Gasteiger partial charge is 0.316 e. The van der Waals surface area contributed by atoms with Crippen molar-refractivity contribution in [3.63, 3.8) is 0 Å². The first-order chi connectivity index (χ1) is 11.5. The highest BCUT2D eigenvalue weighted by Gasteiger charge is 2.26. The number of likely N-dealkylation sites (N-methyl/N-ethyl adjacent to an activating group) is 1. The Labute approximate surface area is 144 Å². The van der Waals surface area contributed by atoms with Gasteiger partial charge in [0.1, 0.15) is 0 Å². The van der Waals surface area contributed by atoms with Crippen molar-refractivity contribution >= 4 is 34.2 Å². The molecule has 8 nitrogen and oxygen atoms in total. The van der Waals surface area contributed by atoms with Crippen molar-refractivity contribution in [2.45, 2.75) is 25.8 Å². The fraction of sp³-hybridized carbons (Fsp3) is 0.600. The topological polar surface area (TPSA) is 103 Å². The third-order valence-corrected chi connectivity index (χ3v) is 5.29. The van der Waals surface area contributed by atoms with Crippen molar-refractivity contribution in [1.29, 1.82) is 0 Å². The molecule has 1 aromatic heterocycles. The van der Waals surface area contributed by atoms with Gasteiger partial charge in [-0.2, -0.15) is 0 Å². The molecule has 0 aliphatic carbocycles. The Balaban J connectivity index is 1.54. The van der Waals surface area contributed by atoms with Crippen molar-refractivity contribution in [2.75, 3.05) is 32.0 Å². The van der Waals surface area contributed by atoms with Gasteiger partial charge in [-0.1, -0.05) is 0 Å². The van der Waals surface area contributed by atoms with Gasteiger partial charge in [0.05, 0.1) is 5.69 Å². The molecule has 0 aromatic carbocycles. The quantitative estimate of drug-likeness (QED) is 0.633. The van der Waals surface area contributed by atoms with Crippen LogP contribution in [0.5, 0.6) is 0 Å². The molecular weight excluding hydrogens is 330 g/mol. The average molecular weight is 351 g/mol. The van der Waals surface area contributed by atoms with Gasteiger partial charge in [0.2, 0.25) is 5.91 Å². The number of anilines is 1. The Morgan fingerprint density at radius 2 is 2.00 bits per heavy atom. The van der Waals surface area contributed by atoms with Gasteiger partial charge in [-0.25, -0.2) is 4.98 Å². The number of aromatic nitrogens is 1. The first-order valence-corrected chi connectivity index (χ1v) is 8.88. The summed E-state index contributed by atoms with van der Waals surface area (Å²) >= 11 is 1.37. The van der Waals surface area contributed by atoms with Crippen LogP contribution in [0.3, 0.4) is 0 Å². The number of rotatable bonds is 2. The zero-order chi connectivity index (χ0) is 17.1. The summed E-state index contributed by atoms with van der Waals surface area (Å²) in [5.41, 5.74) is 0.972. The molecule has 2 aliphatic heterocycles. The van der Waals surface area contributed by atoms with E-state index in [1.807, 2.05) is 7.05 Å². The van der Waals surface area contributed by atoms with Gasteiger partial charge in [-0.15, -0.1) is 11.3 Å². The predicted octanol–water partition coefficient (Wildman–Crippen LogP) is -0.288. The molecule has 0 unspecified atom stereocenters. The fourth-order valence-electron chi connectivity index (χ4n) is 2.89. The maximum absolute atomic E-state index is 12.0. The van der Waals surface area contributed by atoms with Crippen molar-refractivity contribution in [1.82, 2.24) is 20.5 Å². The highest BCUT2D eigenvalue weighted by atomic mass is 32.1. The van der Waals surface area contributed by atoms with Crippen molar-refractivity contribution in [3.05, 3.63) is 10.6 Å². The van der Waals surface area contributed by atoms with Crippen molar-refractivity contribution < 1.29 is 14.4 Å². The van der Waals surface area contributed by atoms with E-state index in [-0.39, 0.29) is 11.8 Å². The van der Waals surface area contributed by atoms with E-state index in [1.54, 1.807) is 0 Å². The van der Waals surface area contributed by atoms with Crippen LogP contribution in [0, 0.1) is 5.92 Å². The van der Waals surface area contributed by atoms with Crippen LogP contribution in [0.4, 0.5) is 5.13 Å². The molecule has 1 fully saturated rings. The molecule has 1 saturated heterocycles. The molecule has 3 amide bonds. The summed E-state index contributed by atoms with van der Waals surface area (Å²) in [5.74, 6) is -2.37. The zero-order valence-electron chi connectivity index (χ0n) is 13.6. The standard InChI is InChI=1S/C15H21N5O3S/c1-20-7-4-10-11(8-20)24-15(17-10)19-14(23)13(22)18-12(21)9-2-5-16-6-3-9/h9,16H,2-8H2,1H3,(H,17,19,23)(H,18,21,22). The number of thiazole rings is 1. The normalized spacial score (nSPS) is 18.7. The number of nitrogens with one attached hydrogen (secondary N) is 3. The number of carbonyl (C=O) groups excluding carboxylic acids is 3. The molecule has 3 N–H and O–H groups in total. The third-order valence-electron chi connectivity index (χ3n) is 4.30. The molecule has 130 valence electrons. The van der Waals surface area contributed by atoms with Crippen LogP contribution < -0.4 is 16.0 Å². The lowest BCUT2D eigenvalue weighted by Crippen LogP contribution is -2.44. The van der Waals surface area contributed by atoms with E-state index in [1.165, 1.54) is 11.3 Å². The Morgan fingerprint density at radius 3 is 2.75 bits per heavy atom. The lowest BCUT2D eigenvalue weighted by molar-refractivity contribution is -0.141. The number of fused-ring (bicyclic) bond motifs is 1. The largest absolute Gasteiger partial charge is 0.317 e. The molecule has 1 aromatic rings. The number of hydrogen-bond acceptors (Lipinski definition) is 7. The summed E-state index contributed by atoms with van der Waals surface area (Å²) in [5, 5.41) is 8.24. The fourth-order valence-corrected chi connectivity index (χ4v) is 3.97. The Morgan fingerprint density at radius 1 is 1.25 bits per heavy atom. The monoisotopic (exact) mass is 351 g/mol. The summed E-state index contributed by atoms with van der Waals surface area (Å²) < 4.78 is 0. The number of amides is 3.